The highest BCUT2D eigenvalue weighted by molar-refractivity contribution is 6.00. The number of hydrogen-bond donors (Lipinski definition) is 0. The lowest BCUT2D eigenvalue weighted by Crippen LogP contribution is -2.15. The lowest BCUT2D eigenvalue weighted by atomic mass is 10.1. The fourth-order valence-corrected chi connectivity index (χ4v) is 2.37. The van der Waals surface area contributed by atoms with Crippen LogP contribution in [0, 0.1) is 30.9 Å². The molecule has 0 amide bonds. The molecule has 6 heteroatoms. The molecule has 24 heavy (non-hydrogen) atoms. The minimum Gasteiger partial charge on any atom is -0.454 e. The van der Waals surface area contributed by atoms with Crippen molar-refractivity contribution < 1.29 is 19.2 Å². The van der Waals surface area contributed by atoms with E-state index in [0.29, 0.717) is 11.1 Å². The summed E-state index contributed by atoms with van der Waals surface area (Å²) in [6.07, 6.45) is 0. The Morgan fingerprint density at radius 1 is 1.00 bits per heavy atom. The molecule has 6 nitrogen and oxygen atoms in total. The lowest BCUT2D eigenvalue weighted by molar-refractivity contribution is -0.385. The molecular formula is C18H17NO5. The quantitative estimate of drug-likeness (QED) is 0.363. The maximum atomic E-state index is 12.1. The smallest absolute Gasteiger partial charge is 0.338 e. The van der Waals surface area contributed by atoms with Gasteiger partial charge in [-0.05, 0) is 32.9 Å². The second kappa shape index (κ2) is 7.04. The summed E-state index contributed by atoms with van der Waals surface area (Å²) in [5.41, 5.74) is 2.67. The number of nitrogens with zero attached hydrogens (tertiary/aromatic N) is 1. The number of nitro benzene ring substituents is 1. The molecule has 2 aromatic carbocycles. The SMILES string of the molecule is Cc1cc(C)cc(C(=O)OCC(=O)c2ccc(C)c([N+](=O)[O-])c2)c1. The molecule has 0 aliphatic rings. The van der Waals surface area contributed by atoms with Crippen molar-refractivity contribution in [2.24, 2.45) is 0 Å². The van der Waals surface area contributed by atoms with Crippen molar-refractivity contribution in [1.29, 1.82) is 0 Å². The highest BCUT2D eigenvalue weighted by atomic mass is 16.6. The van der Waals surface area contributed by atoms with Crippen molar-refractivity contribution in [3.8, 4) is 0 Å². The molecule has 0 saturated heterocycles. The molecule has 0 aromatic heterocycles. The standard InChI is InChI=1S/C18H17NO5/c1-11-6-12(2)8-15(7-11)18(21)24-10-17(20)14-5-4-13(3)16(9-14)19(22)23/h4-9H,10H2,1-3H3. The van der Waals surface area contributed by atoms with Gasteiger partial charge in [-0.1, -0.05) is 29.3 Å². The number of carbonyl (C=O) groups is 2. The number of benzene rings is 2. The molecule has 0 radical (unpaired) electrons. The number of ether oxygens (including phenoxy) is 1. The number of esters is 1. The summed E-state index contributed by atoms with van der Waals surface area (Å²) >= 11 is 0. The number of nitro groups is 1. The van der Waals surface area contributed by atoms with Crippen molar-refractivity contribution in [2.75, 3.05) is 6.61 Å². The average molecular weight is 327 g/mol. The lowest BCUT2D eigenvalue weighted by Gasteiger charge is -2.07. The van der Waals surface area contributed by atoms with Crippen LogP contribution >= 0.6 is 0 Å². The average Bonchev–Trinajstić information content (AvgIpc) is 2.51. The van der Waals surface area contributed by atoms with E-state index in [4.69, 9.17) is 4.74 Å². The summed E-state index contributed by atoms with van der Waals surface area (Å²) in [6.45, 7) is 4.85. The number of carbonyl (C=O) groups excluding carboxylic acids is 2. The number of aryl methyl sites for hydroxylation is 3. The van der Waals surface area contributed by atoms with Crippen LogP contribution in [-0.2, 0) is 4.74 Å². The first kappa shape index (κ1) is 17.3. The van der Waals surface area contributed by atoms with Gasteiger partial charge >= 0.3 is 5.97 Å². The third kappa shape index (κ3) is 4.04. The van der Waals surface area contributed by atoms with E-state index < -0.39 is 23.3 Å². The maximum absolute atomic E-state index is 12.1. The first-order valence-electron chi connectivity index (χ1n) is 7.31. The van der Waals surface area contributed by atoms with E-state index >= 15 is 0 Å². The van der Waals surface area contributed by atoms with E-state index in [1.54, 1.807) is 19.1 Å². The molecule has 0 atom stereocenters. The van der Waals surface area contributed by atoms with Gasteiger partial charge in [-0.25, -0.2) is 4.79 Å². The Morgan fingerprint density at radius 3 is 2.21 bits per heavy atom. The Kier molecular flexibility index (Phi) is 5.08. The highest BCUT2D eigenvalue weighted by Crippen LogP contribution is 2.19. The normalized spacial score (nSPS) is 10.3. The second-order valence-electron chi connectivity index (χ2n) is 5.63. The maximum Gasteiger partial charge on any atom is 0.338 e. The fourth-order valence-electron chi connectivity index (χ4n) is 2.37. The molecular weight excluding hydrogens is 310 g/mol. The summed E-state index contributed by atoms with van der Waals surface area (Å²) < 4.78 is 5.03. The molecule has 0 heterocycles. The number of hydrogen-bond acceptors (Lipinski definition) is 5. The van der Waals surface area contributed by atoms with Gasteiger partial charge in [0.2, 0.25) is 5.78 Å². The van der Waals surface area contributed by atoms with Gasteiger partial charge in [-0.15, -0.1) is 0 Å². The van der Waals surface area contributed by atoms with Gasteiger partial charge in [0.25, 0.3) is 5.69 Å². The van der Waals surface area contributed by atoms with Gasteiger partial charge in [0.1, 0.15) is 0 Å². The minimum absolute atomic E-state index is 0.138. The summed E-state index contributed by atoms with van der Waals surface area (Å²) in [7, 11) is 0. The van der Waals surface area contributed by atoms with Crippen LogP contribution in [0.1, 0.15) is 37.4 Å². The molecule has 0 aliphatic carbocycles. The molecule has 0 spiro atoms. The summed E-state index contributed by atoms with van der Waals surface area (Å²) in [6, 6.07) is 9.45. The van der Waals surface area contributed by atoms with Crippen LogP contribution in [0.25, 0.3) is 0 Å². The van der Waals surface area contributed by atoms with Crippen molar-refractivity contribution in [3.05, 3.63) is 74.3 Å². The molecule has 0 aliphatic heterocycles. The Bertz CT molecular complexity index is 806. The van der Waals surface area contributed by atoms with E-state index in [-0.39, 0.29) is 11.3 Å². The van der Waals surface area contributed by atoms with Gasteiger partial charge < -0.3 is 4.74 Å². The predicted octanol–water partition coefficient (Wildman–Crippen LogP) is 3.56. The van der Waals surface area contributed by atoms with Crippen LogP contribution in [0.5, 0.6) is 0 Å². The predicted molar refractivity (Wildman–Crippen MR) is 88.4 cm³/mol. The minimum atomic E-state index is -0.600. The largest absolute Gasteiger partial charge is 0.454 e. The molecule has 0 saturated carbocycles. The van der Waals surface area contributed by atoms with Crippen LogP contribution in [-0.4, -0.2) is 23.3 Å². The van der Waals surface area contributed by atoms with E-state index in [1.807, 2.05) is 19.9 Å². The van der Waals surface area contributed by atoms with Crippen molar-refractivity contribution in [3.63, 3.8) is 0 Å². The molecule has 0 N–H and O–H groups in total. The molecule has 2 rings (SSSR count). The Morgan fingerprint density at radius 2 is 1.62 bits per heavy atom. The van der Waals surface area contributed by atoms with E-state index in [2.05, 4.69) is 0 Å². The zero-order valence-corrected chi connectivity index (χ0v) is 13.7. The summed E-state index contributed by atoms with van der Waals surface area (Å²) in [4.78, 5) is 34.5. The monoisotopic (exact) mass is 327 g/mol. The van der Waals surface area contributed by atoms with Crippen LogP contribution in [0.15, 0.2) is 36.4 Å². The fraction of sp³-hybridized carbons (Fsp3) is 0.222. The number of ketones is 1. The zero-order valence-electron chi connectivity index (χ0n) is 13.7. The van der Waals surface area contributed by atoms with Gasteiger partial charge in [-0.2, -0.15) is 0 Å². The van der Waals surface area contributed by atoms with Gasteiger partial charge in [0.15, 0.2) is 6.61 Å². The van der Waals surface area contributed by atoms with Crippen molar-refractivity contribution in [2.45, 2.75) is 20.8 Å². The third-order valence-electron chi connectivity index (χ3n) is 3.52. The van der Waals surface area contributed by atoms with E-state index in [0.717, 1.165) is 11.1 Å². The van der Waals surface area contributed by atoms with E-state index in [9.17, 15) is 19.7 Å². The van der Waals surface area contributed by atoms with Gasteiger partial charge in [-0.3, -0.25) is 14.9 Å². The van der Waals surface area contributed by atoms with Crippen LogP contribution in [0.4, 0.5) is 5.69 Å². The molecule has 2 aromatic rings. The highest BCUT2D eigenvalue weighted by Gasteiger charge is 2.17. The first-order valence-corrected chi connectivity index (χ1v) is 7.31. The van der Waals surface area contributed by atoms with Gasteiger partial charge in [0.05, 0.1) is 10.5 Å². The molecule has 0 bridgehead atoms. The Labute approximate surface area is 139 Å². The Balaban J connectivity index is 2.09. The third-order valence-corrected chi connectivity index (χ3v) is 3.52. The number of rotatable bonds is 5. The van der Waals surface area contributed by atoms with Gasteiger partial charge in [0, 0.05) is 17.2 Å². The van der Waals surface area contributed by atoms with E-state index in [1.165, 1.54) is 18.2 Å². The van der Waals surface area contributed by atoms with Crippen LogP contribution < -0.4 is 0 Å². The first-order chi connectivity index (χ1) is 11.3. The van der Waals surface area contributed by atoms with Crippen LogP contribution in [0.2, 0.25) is 0 Å². The van der Waals surface area contributed by atoms with Crippen molar-refractivity contribution in [1.82, 2.24) is 0 Å². The van der Waals surface area contributed by atoms with Crippen molar-refractivity contribution >= 4 is 17.4 Å². The summed E-state index contributed by atoms with van der Waals surface area (Å²) in [5.74, 6) is -1.09. The summed E-state index contributed by atoms with van der Waals surface area (Å²) in [5, 5.41) is 10.9. The number of Topliss-reactive ketones (excluding diaryl/α,β-unsaturated/α-hetero) is 1. The molecule has 0 unspecified atom stereocenters. The Hall–Kier alpha value is -3.02. The molecule has 124 valence electrons. The van der Waals surface area contributed by atoms with Crippen LogP contribution in [0.3, 0.4) is 0 Å². The molecule has 0 fully saturated rings. The topological polar surface area (TPSA) is 86.5 Å². The second-order valence-corrected chi connectivity index (χ2v) is 5.63. The zero-order chi connectivity index (χ0) is 17.9.